The first kappa shape index (κ1) is 17.5. The molecule has 2 aromatic rings. The summed E-state index contributed by atoms with van der Waals surface area (Å²) >= 11 is 0. The van der Waals surface area contributed by atoms with Crippen molar-refractivity contribution in [1.82, 2.24) is 19.4 Å². The molecule has 0 aromatic carbocycles. The summed E-state index contributed by atoms with van der Waals surface area (Å²) in [4.78, 5) is 21.4. The molecule has 5 nitrogen and oxygen atoms in total. The number of aromatic nitrogens is 2. The van der Waals surface area contributed by atoms with Crippen molar-refractivity contribution in [3.05, 3.63) is 29.6 Å². The van der Waals surface area contributed by atoms with Gasteiger partial charge in [-0.15, -0.1) is 0 Å². The van der Waals surface area contributed by atoms with Crippen LogP contribution in [0.4, 0.5) is 0 Å². The van der Waals surface area contributed by atoms with Crippen molar-refractivity contribution in [2.24, 2.45) is 5.92 Å². The summed E-state index contributed by atoms with van der Waals surface area (Å²) in [5.74, 6) is 1.50. The van der Waals surface area contributed by atoms with E-state index in [0.717, 1.165) is 18.1 Å². The molecule has 1 aliphatic carbocycles. The van der Waals surface area contributed by atoms with Gasteiger partial charge in [0.2, 0.25) is 5.91 Å². The van der Waals surface area contributed by atoms with Crippen LogP contribution in [0.3, 0.4) is 0 Å². The molecular weight excluding hydrogens is 324 g/mol. The highest BCUT2D eigenvalue weighted by Crippen LogP contribution is 2.45. The summed E-state index contributed by atoms with van der Waals surface area (Å²) in [6.45, 7) is 6.09. The quantitative estimate of drug-likeness (QED) is 0.828. The van der Waals surface area contributed by atoms with Crippen molar-refractivity contribution in [2.75, 3.05) is 27.2 Å². The molecule has 1 saturated carbocycles. The Morgan fingerprint density at radius 3 is 2.81 bits per heavy atom. The molecule has 0 radical (unpaired) electrons. The van der Waals surface area contributed by atoms with Crippen molar-refractivity contribution in [3.8, 4) is 0 Å². The molecule has 0 spiro atoms. The van der Waals surface area contributed by atoms with Crippen LogP contribution in [0.2, 0.25) is 0 Å². The van der Waals surface area contributed by atoms with E-state index in [4.69, 9.17) is 0 Å². The minimum Gasteiger partial charge on any atom is -0.347 e. The molecule has 140 valence electrons. The zero-order valence-electron chi connectivity index (χ0n) is 16.2. The number of piperidine rings is 1. The summed E-state index contributed by atoms with van der Waals surface area (Å²) < 4.78 is 2.21. The first-order chi connectivity index (χ1) is 12.5. The smallest absolute Gasteiger partial charge is 0.242 e. The molecule has 1 atom stereocenters. The van der Waals surface area contributed by atoms with E-state index in [-0.39, 0.29) is 5.91 Å². The molecule has 2 aromatic heterocycles. The number of rotatable bonds is 5. The number of likely N-dealkylation sites (N-methyl/N-ethyl adjacent to an activating group) is 1. The van der Waals surface area contributed by atoms with Crippen LogP contribution in [-0.2, 0) is 17.9 Å². The minimum absolute atomic E-state index is 0.132. The summed E-state index contributed by atoms with van der Waals surface area (Å²) in [5, 5.41) is 1.24. The third-order valence-corrected chi connectivity index (χ3v) is 5.85. The molecule has 1 saturated heterocycles. The fourth-order valence-corrected chi connectivity index (χ4v) is 4.34. The molecule has 3 heterocycles. The molecule has 2 aliphatic rings. The Bertz CT molecular complexity index is 806. The summed E-state index contributed by atoms with van der Waals surface area (Å²) in [7, 11) is 3.66. The van der Waals surface area contributed by atoms with Gasteiger partial charge in [0.15, 0.2) is 0 Å². The van der Waals surface area contributed by atoms with Crippen LogP contribution in [0.15, 0.2) is 18.3 Å². The van der Waals surface area contributed by atoms with E-state index in [9.17, 15) is 4.79 Å². The lowest BCUT2D eigenvalue weighted by molar-refractivity contribution is -0.129. The molecule has 5 heteroatoms. The van der Waals surface area contributed by atoms with Crippen LogP contribution in [0.25, 0.3) is 11.0 Å². The predicted octanol–water partition coefficient (Wildman–Crippen LogP) is 3.23. The highest BCUT2D eigenvalue weighted by Gasteiger charge is 2.33. The van der Waals surface area contributed by atoms with Crippen LogP contribution in [0.5, 0.6) is 0 Å². The van der Waals surface area contributed by atoms with Crippen LogP contribution in [-0.4, -0.2) is 52.4 Å². The largest absolute Gasteiger partial charge is 0.347 e. The first-order valence-corrected chi connectivity index (χ1v) is 9.93. The summed E-state index contributed by atoms with van der Waals surface area (Å²) in [6, 6.07) is 4.22. The Morgan fingerprint density at radius 1 is 1.31 bits per heavy atom. The van der Waals surface area contributed by atoms with Gasteiger partial charge in [-0.1, -0.05) is 6.92 Å². The Balaban J connectivity index is 1.76. The maximum Gasteiger partial charge on any atom is 0.242 e. The number of fused-ring (bicyclic) bond motifs is 1. The van der Waals surface area contributed by atoms with E-state index in [1.165, 1.54) is 55.4 Å². The van der Waals surface area contributed by atoms with Gasteiger partial charge in [0.05, 0.1) is 0 Å². The normalized spacial score (nSPS) is 21.3. The third kappa shape index (κ3) is 3.37. The Hall–Kier alpha value is -1.88. The second-order valence-corrected chi connectivity index (χ2v) is 8.37. The molecule has 4 rings (SSSR count). The van der Waals surface area contributed by atoms with Gasteiger partial charge in [0, 0.05) is 44.5 Å². The number of amides is 1. The van der Waals surface area contributed by atoms with Gasteiger partial charge in [-0.25, -0.2) is 4.98 Å². The van der Waals surface area contributed by atoms with Crippen molar-refractivity contribution in [2.45, 2.75) is 51.6 Å². The monoisotopic (exact) mass is 354 g/mol. The van der Waals surface area contributed by atoms with Crippen molar-refractivity contribution >= 4 is 16.9 Å². The lowest BCUT2D eigenvalue weighted by Gasteiger charge is -2.31. The second-order valence-electron chi connectivity index (χ2n) is 8.37. The minimum atomic E-state index is 0.132. The highest BCUT2D eigenvalue weighted by atomic mass is 16.2. The van der Waals surface area contributed by atoms with Gasteiger partial charge >= 0.3 is 0 Å². The fraction of sp³-hybridized carbons (Fsp3) is 0.619. The van der Waals surface area contributed by atoms with E-state index < -0.39 is 0 Å². The zero-order chi connectivity index (χ0) is 18.3. The highest BCUT2D eigenvalue weighted by molar-refractivity contribution is 5.85. The van der Waals surface area contributed by atoms with E-state index in [1.54, 1.807) is 4.90 Å². The van der Waals surface area contributed by atoms with Gasteiger partial charge in [-0.05, 0) is 61.8 Å². The van der Waals surface area contributed by atoms with Gasteiger partial charge in [0.1, 0.15) is 12.2 Å². The van der Waals surface area contributed by atoms with Crippen LogP contribution < -0.4 is 0 Å². The van der Waals surface area contributed by atoms with Crippen LogP contribution >= 0.6 is 0 Å². The number of carbonyl (C=O) groups excluding carboxylic acids is 1. The first-order valence-electron chi connectivity index (χ1n) is 9.93. The molecule has 1 amide bonds. The average molecular weight is 354 g/mol. The van der Waals surface area contributed by atoms with Crippen molar-refractivity contribution in [3.63, 3.8) is 0 Å². The fourth-order valence-electron chi connectivity index (χ4n) is 4.34. The number of nitrogens with zero attached hydrogens (tertiary/aromatic N) is 4. The predicted molar refractivity (Wildman–Crippen MR) is 104 cm³/mol. The van der Waals surface area contributed by atoms with E-state index >= 15 is 0 Å². The van der Waals surface area contributed by atoms with Crippen LogP contribution in [0, 0.1) is 5.92 Å². The zero-order valence-corrected chi connectivity index (χ0v) is 16.2. The lowest BCUT2D eigenvalue weighted by Crippen LogP contribution is -2.34. The standard InChI is InChI=1S/C21H30N4O/c1-15-6-5-11-24(12-15)13-18-17-7-4-10-22-21(17)25(14-19(26)23(2)3)20(18)16-8-9-16/h4,7,10,15-16H,5-6,8-9,11-14H2,1-3H3/t15-/m1/s1. The summed E-state index contributed by atoms with van der Waals surface area (Å²) in [6.07, 6.45) is 6.94. The molecule has 0 N–H and O–H groups in total. The average Bonchev–Trinajstić information content (AvgIpc) is 3.41. The Labute approximate surface area is 156 Å². The number of carbonyl (C=O) groups is 1. The lowest BCUT2D eigenvalue weighted by atomic mass is 9.99. The summed E-state index contributed by atoms with van der Waals surface area (Å²) in [5.41, 5.74) is 3.76. The van der Waals surface area contributed by atoms with Gasteiger partial charge in [-0.2, -0.15) is 0 Å². The maximum absolute atomic E-state index is 12.5. The SMILES string of the molecule is C[C@@H]1CCCN(Cc2c(C3CC3)n(CC(=O)N(C)C)c3ncccc23)C1. The van der Waals surface area contributed by atoms with Gasteiger partial charge in [-0.3, -0.25) is 9.69 Å². The second kappa shape index (κ2) is 7.03. The van der Waals surface area contributed by atoms with E-state index in [2.05, 4.69) is 27.4 Å². The molecule has 0 unspecified atom stereocenters. The number of hydrogen-bond acceptors (Lipinski definition) is 3. The van der Waals surface area contributed by atoms with E-state index in [0.29, 0.717) is 12.5 Å². The topological polar surface area (TPSA) is 41.4 Å². The third-order valence-electron chi connectivity index (χ3n) is 5.85. The number of likely N-dealkylation sites (tertiary alicyclic amines) is 1. The molecule has 1 aliphatic heterocycles. The van der Waals surface area contributed by atoms with Gasteiger partial charge in [0.25, 0.3) is 0 Å². The molecule has 0 bridgehead atoms. The van der Waals surface area contributed by atoms with Crippen LogP contribution in [0.1, 0.15) is 49.8 Å². The molecule has 26 heavy (non-hydrogen) atoms. The van der Waals surface area contributed by atoms with E-state index in [1.807, 2.05) is 26.4 Å². The number of pyridine rings is 1. The Morgan fingerprint density at radius 2 is 2.12 bits per heavy atom. The molecular formula is C21H30N4O. The number of hydrogen-bond donors (Lipinski definition) is 0. The molecule has 2 fully saturated rings. The van der Waals surface area contributed by atoms with Crippen molar-refractivity contribution < 1.29 is 4.79 Å². The Kier molecular flexibility index (Phi) is 4.74. The maximum atomic E-state index is 12.5. The van der Waals surface area contributed by atoms with Gasteiger partial charge < -0.3 is 9.47 Å². The van der Waals surface area contributed by atoms with Crippen molar-refractivity contribution in [1.29, 1.82) is 0 Å².